The first-order valence-electron chi connectivity index (χ1n) is 9.61. The number of carbonyl (C=O) groups excluding carboxylic acids is 1. The second kappa shape index (κ2) is 8.13. The Morgan fingerprint density at radius 1 is 1.13 bits per heavy atom. The number of hydrogen-bond acceptors (Lipinski definition) is 4. The molecule has 2 aromatic carbocycles. The van der Waals surface area contributed by atoms with E-state index in [1.54, 1.807) is 30.9 Å². The molecule has 0 atom stereocenters. The van der Waals surface area contributed by atoms with Crippen LogP contribution in [0, 0.1) is 18.3 Å². The van der Waals surface area contributed by atoms with Crippen LogP contribution in [0.3, 0.4) is 0 Å². The maximum absolute atomic E-state index is 13.0. The van der Waals surface area contributed by atoms with Gasteiger partial charge in [-0.1, -0.05) is 30.3 Å². The predicted octanol–water partition coefficient (Wildman–Crippen LogP) is 3.58. The third-order valence-electron chi connectivity index (χ3n) is 5.10. The lowest BCUT2D eigenvalue weighted by molar-refractivity contribution is -0.112. The topological polar surface area (TPSA) is 92.7 Å². The summed E-state index contributed by atoms with van der Waals surface area (Å²) < 4.78 is 3.14. The number of carbonyl (C=O) groups is 1. The minimum absolute atomic E-state index is 0.0999. The molecule has 0 aliphatic heterocycles. The highest BCUT2D eigenvalue weighted by molar-refractivity contribution is 6.10. The number of para-hydroxylation sites is 1. The van der Waals surface area contributed by atoms with Crippen LogP contribution in [0.1, 0.15) is 11.3 Å². The minimum Gasteiger partial charge on any atom is -0.315 e. The molecule has 4 aromatic rings. The molecule has 0 saturated heterocycles. The SMILES string of the molecule is Cc1c(NC(=O)/C(C#N)=C\c2ccc3ncccc3c2)c(=O)n(-c2ccccc2)n1C. The number of pyridine rings is 1. The Morgan fingerprint density at radius 3 is 2.65 bits per heavy atom. The molecule has 7 nitrogen and oxygen atoms in total. The smallest absolute Gasteiger partial charge is 0.295 e. The van der Waals surface area contributed by atoms with Gasteiger partial charge in [0.2, 0.25) is 0 Å². The Hall–Kier alpha value is -4.44. The fraction of sp³-hybridized carbons (Fsp3) is 0.0833. The molecule has 0 bridgehead atoms. The summed E-state index contributed by atoms with van der Waals surface area (Å²) in [5, 5.41) is 13.1. The molecule has 0 aliphatic carbocycles. The second-order valence-electron chi connectivity index (χ2n) is 7.02. The average Bonchev–Trinajstić information content (AvgIpc) is 3.00. The quantitative estimate of drug-likeness (QED) is 0.412. The van der Waals surface area contributed by atoms with Crippen LogP contribution in [0.15, 0.2) is 77.2 Å². The molecule has 152 valence electrons. The maximum atomic E-state index is 13.0. The van der Waals surface area contributed by atoms with Gasteiger partial charge in [0.15, 0.2) is 0 Å². The first-order valence-corrected chi connectivity index (χ1v) is 9.61. The summed E-state index contributed by atoms with van der Waals surface area (Å²) in [7, 11) is 1.74. The van der Waals surface area contributed by atoms with Crippen LogP contribution in [0.25, 0.3) is 22.7 Å². The van der Waals surface area contributed by atoms with Gasteiger partial charge in [0.25, 0.3) is 11.5 Å². The molecule has 2 aromatic heterocycles. The highest BCUT2D eigenvalue weighted by Crippen LogP contribution is 2.18. The van der Waals surface area contributed by atoms with Gasteiger partial charge in [-0.3, -0.25) is 19.3 Å². The van der Waals surface area contributed by atoms with Gasteiger partial charge in [-0.2, -0.15) is 5.26 Å². The number of nitrogens with one attached hydrogen (secondary N) is 1. The van der Waals surface area contributed by atoms with Crippen molar-refractivity contribution in [1.82, 2.24) is 14.3 Å². The van der Waals surface area contributed by atoms with E-state index < -0.39 is 5.91 Å². The van der Waals surface area contributed by atoms with E-state index >= 15 is 0 Å². The molecular weight excluding hydrogens is 390 g/mol. The number of amides is 1. The van der Waals surface area contributed by atoms with Crippen molar-refractivity contribution in [2.24, 2.45) is 7.05 Å². The van der Waals surface area contributed by atoms with Crippen molar-refractivity contribution in [1.29, 1.82) is 5.26 Å². The summed E-state index contributed by atoms with van der Waals surface area (Å²) in [5.74, 6) is -0.639. The van der Waals surface area contributed by atoms with Crippen LogP contribution >= 0.6 is 0 Å². The van der Waals surface area contributed by atoms with Crippen molar-refractivity contribution in [3.63, 3.8) is 0 Å². The van der Waals surface area contributed by atoms with Crippen molar-refractivity contribution in [3.8, 4) is 11.8 Å². The highest BCUT2D eigenvalue weighted by atomic mass is 16.2. The number of hydrogen-bond donors (Lipinski definition) is 1. The Bertz CT molecular complexity index is 1420. The molecule has 0 spiro atoms. The van der Waals surface area contributed by atoms with Crippen molar-refractivity contribution in [2.45, 2.75) is 6.92 Å². The van der Waals surface area contributed by atoms with Gasteiger partial charge in [0.1, 0.15) is 17.3 Å². The van der Waals surface area contributed by atoms with E-state index in [2.05, 4.69) is 10.3 Å². The van der Waals surface area contributed by atoms with Crippen LogP contribution in [0.4, 0.5) is 5.69 Å². The molecule has 31 heavy (non-hydrogen) atoms. The van der Waals surface area contributed by atoms with E-state index in [0.717, 1.165) is 10.9 Å². The number of anilines is 1. The molecule has 4 rings (SSSR count). The van der Waals surface area contributed by atoms with Gasteiger partial charge in [0, 0.05) is 18.6 Å². The Balaban J connectivity index is 1.67. The van der Waals surface area contributed by atoms with Crippen molar-refractivity contribution in [2.75, 3.05) is 5.32 Å². The van der Waals surface area contributed by atoms with E-state index in [9.17, 15) is 14.9 Å². The summed E-state index contributed by atoms with van der Waals surface area (Å²) in [6, 6.07) is 20.3. The first-order chi connectivity index (χ1) is 15.0. The summed E-state index contributed by atoms with van der Waals surface area (Å²) in [6.07, 6.45) is 3.20. The van der Waals surface area contributed by atoms with E-state index in [0.29, 0.717) is 16.9 Å². The number of nitrogens with zero attached hydrogens (tertiary/aromatic N) is 4. The molecule has 1 N–H and O–H groups in total. The van der Waals surface area contributed by atoms with Gasteiger partial charge in [-0.25, -0.2) is 4.68 Å². The number of fused-ring (bicyclic) bond motifs is 1. The summed E-state index contributed by atoms with van der Waals surface area (Å²) in [4.78, 5) is 30.0. The molecular formula is C24H19N5O2. The maximum Gasteiger partial charge on any atom is 0.295 e. The van der Waals surface area contributed by atoms with E-state index in [-0.39, 0.29) is 16.8 Å². The number of rotatable bonds is 4. The number of nitriles is 1. The van der Waals surface area contributed by atoms with E-state index in [1.165, 1.54) is 10.8 Å². The standard InChI is InChI=1S/C24H19N5O2/c1-16-22(24(31)29(28(16)2)20-8-4-3-5-9-20)27-23(30)19(15-25)14-17-10-11-21-18(13-17)7-6-12-26-21/h3-14H,1-2H3,(H,27,30)/b19-14-. The lowest BCUT2D eigenvalue weighted by atomic mass is 10.1. The van der Waals surface area contributed by atoms with Gasteiger partial charge >= 0.3 is 0 Å². The van der Waals surface area contributed by atoms with E-state index in [1.807, 2.05) is 60.7 Å². The van der Waals surface area contributed by atoms with Crippen LogP contribution in [-0.2, 0) is 11.8 Å². The lowest BCUT2D eigenvalue weighted by Crippen LogP contribution is -2.23. The second-order valence-corrected chi connectivity index (χ2v) is 7.02. The van der Waals surface area contributed by atoms with Crippen molar-refractivity contribution in [3.05, 3.63) is 94.0 Å². The zero-order valence-electron chi connectivity index (χ0n) is 17.0. The van der Waals surface area contributed by atoms with Gasteiger partial charge in [0.05, 0.1) is 16.9 Å². The normalized spacial score (nSPS) is 11.3. The molecule has 0 radical (unpaired) electrons. The summed E-state index contributed by atoms with van der Waals surface area (Å²) >= 11 is 0. The fourth-order valence-corrected chi connectivity index (χ4v) is 3.39. The molecule has 7 heteroatoms. The third kappa shape index (κ3) is 3.74. The monoisotopic (exact) mass is 409 g/mol. The number of benzene rings is 2. The molecule has 1 amide bonds. The summed E-state index contributed by atoms with van der Waals surface area (Å²) in [5.41, 5.74) is 2.45. The lowest BCUT2D eigenvalue weighted by Gasteiger charge is -2.07. The minimum atomic E-state index is -0.639. The van der Waals surface area contributed by atoms with Crippen LogP contribution in [-0.4, -0.2) is 20.3 Å². The first kappa shape index (κ1) is 19.9. The molecule has 0 unspecified atom stereocenters. The van der Waals surface area contributed by atoms with Crippen molar-refractivity contribution < 1.29 is 4.79 Å². The third-order valence-corrected chi connectivity index (χ3v) is 5.10. The van der Waals surface area contributed by atoms with E-state index in [4.69, 9.17) is 0 Å². The zero-order valence-corrected chi connectivity index (χ0v) is 17.0. The molecule has 0 fully saturated rings. The number of aromatic nitrogens is 3. The Kier molecular flexibility index (Phi) is 5.21. The van der Waals surface area contributed by atoms with Gasteiger partial charge in [-0.15, -0.1) is 0 Å². The van der Waals surface area contributed by atoms with Gasteiger partial charge in [-0.05, 0) is 48.9 Å². The van der Waals surface area contributed by atoms with Crippen LogP contribution < -0.4 is 10.9 Å². The predicted molar refractivity (Wildman–Crippen MR) is 120 cm³/mol. The molecule has 0 aliphatic rings. The zero-order chi connectivity index (χ0) is 22.0. The average molecular weight is 409 g/mol. The molecule has 0 saturated carbocycles. The largest absolute Gasteiger partial charge is 0.315 e. The Morgan fingerprint density at radius 2 is 1.90 bits per heavy atom. The Labute approximate surface area is 178 Å². The molecule has 2 heterocycles. The highest BCUT2D eigenvalue weighted by Gasteiger charge is 2.19. The van der Waals surface area contributed by atoms with Crippen LogP contribution in [0.2, 0.25) is 0 Å². The fourth-order valence-electron chi connectivity index (χ4n) is 3.39. The van der Waals surface area contributed by atoms with Gasteiger partial charge < -0.3 is 5.32 Å². The van der Waals surface area contributed by atoms with Crippen LogP contribution in [0.5, 0.6) is 0 Å². The summed E-state index contributed by atoms with van der Waals surface area (Å²) in [6.45, 7) is 1.74. The van der Waals surface area contributed by atoms with Crippen molar-refractivity contribution >= 4 is 28.6 Å².